The third-order valence-corrected chi connectivity index (χ3v) is 13.6. The summed E-state index contributed by atoms with van der Waals surface area (Å²) in [5, 5.41) is 2.62. The number of fused-ring (bicyclic) bond motifs is 11. The molecule has 0 N–H and O–H groups in total. The molecule has 0 saturated heterocycles. The van der Waals surface area contributed by atoms with Crippen molar-refractivity contribution in [1.82, 2.24) is 0 Å². The van der Waals surface area contributed by atoms with Gasteiger partial charge in [0.25, 0.3) is 0 Å². The van der Waals surface area contributed by atoms with Gasteiger partial charge in [0.15, 0.2) is 0 Å². The van der Waals surface area contributed by atoms with Crippen LogP contribution in [0.2, 0.25) is 0 Å². The van der Waals surface area contributed by atoms with Gasteiger partial charge in [-0.15, -0.1) is 0 Å². The molecule has 3 aliphatic rings. The van der Waals surface area contributed by atoms with Crippen LogP contribution in [0.15, 0.2) is 164 Å². The zero-order valence-corrected chi connectivity index (χ0v) is 33.0. The van der Waals surface area contributed by atoms with Crippen LogP contribution in [-0.4, -0.2) is 0 Å². The lowest BCUT2D eigenvalue weighted by Gasteiger charge is -2.31. The van der Waals surface area contributed by atoms with Crippen LogP contribution >= 0.6 is 0 Å². The summed E-state index contributed by atoms with van der Waals surface area (Å²) in [6, 6.07) is 61.8. The number of benzene rings is 8. The van der Waals surface area contributed by atoms with E-state index in [0.717, 1.165) is 0 Å². The standard InChI is InChI=1S/C55H45N/c1-53(2)46-22-14-12-20-40(46)42-27-24-36(31-48(42)53)56(37-25-28-43-41-21-13-15-23-47(41)54(3,4)49(43)32-37)38-26-29-44-50(33-38)55(5,6)52-39-19-11-10-18-35(39)30-45(51(44)52)34-16-8-7-9-17-34/h7-33H,1-6H3. The van der Waals surface area contributed by atoms with Gasteiger partial charge in [0.05, 0.1) is 0 Å². The molecule has 0 aromatic heterocycles. The molecule has 11 rings (SSSR count). The van der Waals surface area contributed by atoms with Crippen molar-refractivity contribution in [3.05, 3.63) is 197 Å². The topological polar surface area (TPSA) is 3.24 Å². The quantitative estimate of drug-likeness (QED) is 0.175. The van der Waals surface area contributed by atoms with Gasteiger partial charge in [-0.3, -0.25) is 0 Å². The number of hydrogen-bond acceptors (Lipinski definition) is 1. The molecule has 3 aliphatic carbocycles. The first-order valence-corrected chi connectivity index (χ1v) is 20.1. The largest absolute Gasteiger partial charge is 0.310 e. The van der Waals surface area contributed by atoms with Crippen molar-refractivity contribution in [3.8, 4) is 44.5 Å². The summed E-state index contributed by atoms with van der Waals surface area (Å²) in [6.45, 7) is 14.4. The average molecular weight is 720 g/mol. The monoisotopic (exact) mass is 719 g/mol. The van der Waals surface area contributed by atoms with E-state index < -0.39 is 0 Å². The van der Waals surface area contributed by atoms with Gasteiger partial charge in [0, 0.05) is 33.3 Å². The molecule has 0 radical (unpaired) electrons. The normalized spacial score (nSPS) is 15.8. The van der Waals surface area contributed by atoms with Crippen molar-refractivity contribution in [2.75, 3.05) is 4.90 Å². The predicted octanol–water partition coefficient (Wildman–Crippen LogP) is 14.9. The van der Waals surface area contributed by atoms with Crippen LogP contribution in [0.1, 0.15) is 74.9 Å². The minimum atomic E-state index is -0.222. The number of nitrogens with zero attached hydrogens (tertiary/aromatic N) is 1. The maximum Gasteiger partial charge on any atom is 0.0465 e. The van der Waals surface area contributed by atoms with Crippen molar-refractivity contribution in [1.29, 1.82) is 0 Å². The second-order valence-electron chi connectivity index (χ2n) is 17.8. The van der Waals surface area contributed by atoms with E-state index in [1.807, 2.05) is 0 Å². The van der Waals surface area contributed by atoms with E-state index in [1.165, 1.54) is 106 Å². The van der Waals surface area contributed by atoms with Crippen molar-refractivity contribution in [2.45, 2.75) is 57.8 Å². The van der Waals surface area contributed by atoms with Crippen LogP contribution in [0.4, 0.5) is 17.1 Å². The minimum absolute atomic E-state index is 0.106. The van der Waals surface area contributed by atoms with Crippen LogP contribution in [0.3, 0.4) is 0 Å². The molecule has 1 heteroatoms. The fourth-order valence-electron chi connectivity index (χ4n) is 10.8. The smallest absolute Gasteiger partial charge is 0.0465 e. The number of rotatable bonds is 4. The summed E-state index contributed by atoms with van der Waals surface area (Å²) in [5.41, 5.74) is 22.1. The molecule has 0 unspecified atom stereocenters. The Balaban J connectivity index is 1.14. The van der Waals surface area contributed by atoms with Gasteiger partial charge >= 0.3 is 0 Å². The Morgan fingerprint density at radius 2 is 0.786 bits per heavy atom. The van der Waals surface area contributed by atoms with Gasteiger partial charge in [0.1, 0.15) is 0 Å². The highest BCUT2D eigenvalue weighted by atomic mass is 15.1. The Morgan fingerprint density at radius 1 is 0.339 bits per heavy atom. The molecule has 0 fully saturated rings. The van der Waals surface area contributed by atoms with E-state index in [-0.39, 0.29) is 16.2 Å². The Bertz CT molecular complexity index is 2830. The summed E-state index contributed by atoms with van der Waals surface area (Å²) in [4.78, 5) is 2.52. The Kier molecular flexibility index (Phi) is 6.77. The molecule has 0 atom stereocenters. The highest BCUT2D eigenvalue weighted by molar-refractivity contribution is 6.05. The molecule has 0 amide bonds. The third-order valence-electron chi connectivity index (χ3n) is 13.6. The Labute approximate surface area is 330 Å². The van der Waals surface area contributed by atoms with Gasteiger partial charge in [-0.2, -0.15) is 0 Å². The van der Waals surface area contributed by atoms with Gasteiger partial charge in [-0.1, -0.05) is 163 Å². The summed E-state index contributed by atoms with van der Waals surface area (Å²) in [7, 11) is 0. The molecular formula is C55H45N. The molecule has 0 aliphatic heterocycles. The maximum atomic E-state index is 2.52. The summed E-state index contributed by atoms with van der Waals surface area (Å²) < 4.78 is 0. The van der Waals surface area contributed by atoms with E-state index in [0.29, 0.717) is 0 Å². The van der Waals surface area contributed by atoms with E-state index in [9.17, 15) is 0 Å². The van der Waals surface area contributed by atoms with Gasteiger partial charge in [-0.05, 0) is 131 Å². The van der Waals surface area contributed by atoms with Gasteiger partial charge < -0.3 is 4.90 Å². The highest BCUT2D eigenvalue weighted by Crippen LogP contribution is 2.57. The summed E-state index contributed by atoms with van der Waals surface area (Å²) in [5.74, 6) is 0. The van der Waals surface area contributed by atoms with Crippen LogP contribution < -0.4 is 4.90 Å². The van der Waals surface area contributed by atoms with Crippen LogP contribution in [-0.2, 0) is 16.2 Å². The van der Waals surface area contributed by atoms with Crippen molar-refractivity contribution in [2.24, 2.45) is 0 Å². The molecule has 0 bridgehead atoms. The molecule has 56 heavy (non-hydrogen) atoms. The van der Waals surface area contributed by atoms with E-state index in [4.69, 9.17) is 0 Å². The SMILES string of the molecule is CC1(C)c2ccccc2-c2ccc(N(c3ccc4c(c3)C(C)(C)c3ccccc3-4)c3ccc4c(c3)C(C)(C)c3c-4c(-c4ccccc4)cc4ccccc34)cc21. The third kappa shape index (κ3) is 4.43. The molecule has 0 heterocycles. The first-order chi connectivity index (χ1) is 27.0. The minimum Gasteiger partial charge on any atom is -0.310 e. The molecule has 8 aromatic rings. The van der Waals surface area contributed by atoms with E-state index >= 15 is 0 Å². The second-order valence-corrected chi connectivity index (χ2v) is 17.8. The second kappa shape index (κ2) is 11.4. The molecule has 0 spiro atoms. The molecule has 8 aromatic carbocycles. The van der Waals surface area contributed by atoms with Crippen LogP contribution in [0, 0.1) is 0 Å². The molecular weight excluding hydrogens is 675 g/mol. The molecule has 270 valence electrons. The molecule has 1 nitrogen and oxygen atoms in total. The van der Waals surface area contributed by atoms with E-state index in [2.05, 4.69) is 210 Å². The van der Waals surface area contributed by atoms with E-state index in [1.54, 1.807) is 0 Å². The highest BCUT2D eigenvalue weighted by Gasteiger charge is 2.41. The fraction of sp³-hybridized carbons (Fsp3) is 0.164. The van der Waals surface area contributed by atoms with Gasteiger partial charge in [0.2, 0.25) is 0 Å². The Morgan fingerprint density at radius 3 is 1.36 bits per heavy atom. The predicted molar refractivity (Wildman–Crippen MR) is 237 cm³/mol. The first kappa shape index (κ1) is 33.2. The summed E-state index contributed by atoms with van der Waals surface area (Å²) in [6.07, 6.45) is 0. The Hall–Kier alpha value is -6.18. The van der Waals surface area contributed by atoms with Crippen molar-refractivity contribution < 1.29 is 0 Å². The average Bonchev–Trinajstić information content (AvgIpc) is 3.70. The zero-order chi connectivity index (χ0) is 38.1. The van der Waals surface area contributed by atoms with Crippen LogP contribution in [0.5, 0.6) is 0 Å². The number of anilines is 3. The van der Waals surface area contributed by atoms with Crippen molar-refractivity contribution >= 4 is 27.8 Å². The fourth-order valence-corrected chi connectivity index (χ4v) is 10.8. The zero-order valence-electron chi connectivity index (χ0n) is 33.0. The number of hydrogen-bond donors (Lipinski definition) is 0. The summed E-state index contributed by atoms with van der Waals surface area (Å²) >= 11 is 0. The first-order valence-electron chi connectivity index (χ1n) is 20.1. The lowest BCUT2D eigenvalue weighted by atomic mass is 9.79. The lowest BCUT2D eigenvalue weighted by molar-refractivity contribution is 0.660. The van der Waals surface area contributed by atoms with Crippen LogP contribution in [0.25, 0.3) is 55.3 Å². The maximum absolute atomic E-state index is 2.52. The molecule has 0 saturated carbocycles. The van der Waals surface area contributed by atoms with Gasteiger partial charge in [-0.25, -0.2) is 0 Å². The van der Waals surface area contributed by atoms with Crippen molar-refractivity contribution in [3.63, 3.8) is 0 Å². The lowest BCUT2D eigenvalue weighted by Crippen LogP contribution is -2.19.